The highest BCUT2D eigenvalue weighted by Crippen LogP contribution is 2.40. The highest BCUT2D eigenvalue weighted by Gasteiger charge is 2.38. The van der Waals surface area contributed by atoms with Crippen LogP contribution in [0.15, 0.2) is 0 Å². The number of rotatable bonds is 3. The van der Waals surface area contributed by atoms with Gasteiger partial charge in [-0.05, 0) is 30.6 Å². The van der Waals surface area contributed by atoms with E-state index < -0.39 is 0 Å². The Labute approximate surface area is 106 Å². The van der Waals surface area contributed by atoms with Crippen LogP contribution in [-0.2, 0) is 0 Å². The Morgan fingerprint density at radius 3 is 2.35 bits per heavy atom. The van der Waals surface area contributed by atoms with E-state index in [1.165, 1.54) is 38.8 Å². The normalized spacial score (nSPS) is 44.1. The zero-order valence-corrected chi connectivity index (χ0v) is 11.8. The van der Waals surface area contributed by atoms with Crippen molar-refractivity contribution < 1.29 is 5.11 Å². The Bertz CT molecular complexity index is 245. The molecule has 2 fully saturated rings. The summed E-state index contributed by atoms with van der Waals surface area (Å²) in [5.74, 6) is 2.45. The van der Waals surface area contributed by atoms with Crippen LogP contribution in [-0.4, -0.2) is 36.2 Å². The number of aliphatic hydroxyl groups excluding tert-OH is 1. The van der Waals surface area contributed by atoms with E-state index in [4.69, 9.17) is 0 Å². The van der Waals surface area contributed by atoms with Crippen LogP contribution in [0.4, 0.5) is 0 Å². The fourth-order valence-corrected chi connectivity index (χ4v) is 3.96. The van der Waals surface area contributed by atoms with E-state index in [9.17, 15) is 5.11 Å². The maximum atomic E-state index is 9.82. The van der Waals surface area contributed by atoms with Crippen LogP contribution >= 0.6 is 0 Å². The second kappa shape index (κ2) is 5.27. The molecular formula is C15H29NO. The Kier molecular flexibility index (Phi) is 4.14. The molecule has 1 aliphatic heterocycles. The molecule has 0 bridgehead atoms. The summed E-state index contributed by atoms with van der Waals surface area (Å²) in [6, 6.07) is 0. The second-order valence-electron chi connectivity index (χ2n) is 7.01. The molecule has 4 atom stereocenters. The molecule has 0 spiro atoms. The van der Waals surface area contributed by atoms with E-state index in [2.05, 4.69) is 25.7 Å². The molecule has 2 heteroatoms. The van der Waals surface area contributed by atoms with E-state index in [0.29, 0.717) is 6.61 Å². The molecule has 4 unspecified atom stereocenters. The molecule has 1 heterocycles. The monoisotopic (exact) mass is 239 g/mol. The smallest absolute Gasteiger partial charge is 0.0499 e. The Hall–Kier alpha value is -0.0800. The Morgan fingerprint density at radius 1 is 1.18 bits per heavy atom. The van der Waals surface area contributed by atoms with Gasteiger partial charge in [-0.2, -0.15) is 0 Å². The van der Waals surface area contributed by atoms with Crippen LogP contribution < -0.4 is 0 Å². The third-order valence-corrected chi connectivity index (χ3v) is 5.14. The standard InChI is InChI=1S/C15H29NO/c1-12-5-4-6-15(7-12,11-17)10-16-8-13(2)14(3)9-16/h12-14,17H,4-11H2,1-3H3. The van der Waals surface area contributed by atoms with Gasteiger partial charge >= 0.3 is 0 Å². The van der Waals surface area contributed by atoms with Crippen molar-refractivity contribution in [2.45, 2.75) is 46.5 Å². The predicted molar refractivity (Wildman–Crippen MR) is 71.9 cm³/mol. The number of likely N-dealkylation sites (tertiary alicyclic amines) is 1. The molecule has 1 N–H and O–H groups in total. The molecule has 0 amide bonds. The summed E-state index contributed by atoms with van der Waals surface area (Å²) in [4.78, 5) is 2.60. The van der Waals surface area contributed by atoms with Crippen molar-refractivity contribution in [2.24, 2.45) is 23.2 Å². The molecule has 2 nitrogen and oxygen atoms in total. The van der Waals surface area contributed by atoms with Gasteiger partial charge in [0.05, 0.1) is 0 Å². The average molecular weight is 239 g/mol. The number of hydrogen-bond acceptors (Lipinski definition) is 2. The fraction of sp³-hybridized carbons (Fsp3) is 1.00. The zero-order chi connectivity index (χ0) is 12.5. The quantitative estimate of drug-likeness (QED) is 0.818. The van der Waals surface area contributed by atoms with Gasteiger partial charge in [0.1, 0.15) is 0 Å². The first-order valence-corrected chi connectivity index (χ1v) is 7.38. The molecule has 0 aromatic heterocycles. The van der Waals surface area contributed by atoms with Crippen molar-refractivity contribution in [3.8, 4) is 0 Å². The lowest BCUT2D eigenvalue weighted by molar-refractivity contribution is 0.0290. The third kappa shape index (κ3) is 3.03. The molecule has 0 radical (unpaired) electrons. The van der Waals surface area contributed by atoms with Gasteiger partial charge in [0, 0.05) is 31.7 Å². The molecule has 1 saturated carbocycles. The summed E-state index contributed by atoms with van der Waals surface area (Å²) in [5, 5.41) is 9.82. The van der Waals surface area contributed by atoms with Crippen molar-refractivity contribution >= 4 is 0 Å². The van der Waals surface area contributed by atoms with Gasteiger partial charge in [0.15, 0.2) is 0 Å². The van der Waals surface area contributed by atoms with Crippen LogP contribution in [0.5, 0.6) is 0 Å². The molecule has 0 aromatic rings. The lowest BCUT2D eigenvalue weighted by Crippen LogP contribution is -2.42. The molecule has 0 aromatic carbocycles. The van der Waals surface area contributed by atoms with E-state index in [-0.39, 0.29) is 5.41 Å². The number of nitrogens with zero attached hydrogens (tertiary/aromatic N) is 1. The fourth-order valence-electron chi connectivity index (χ4n) is 3.96. The predicted octanol–water partition coefficient (Wildman–Crippen LogP) is 2.76. The lowest BCUT2D eigenvalue weighted by atomic mass is 9.70. The van der Waals surface area contributed by atoms with Crippen LogP contribution in [0.25, 0.3) is 0 Å². The molecule has 17 heavy (non-hydrogen) atoms. The zero-order valence-electron chi connectivity index (χ0n) is 11.8. The van der Waals surface area contributed by atoms with E-state index in [1.54, 1.807) is 0 Å². The topological polar surface area (TPSA) is 23.5 Å². The van der Waals surface area contributed by atoms with E-state index in [0.717, 1.165) is 24.3 Å². The summed E-state index contributed by atoms with van der Waals surface area (Å²) in [7, 11) is 0. The largest absolute Gasteiger partial charge is 0.396 e. The minimum atomic E-state index is 0.210. The molecule has 2 rings (SSSR count). The average Bonchev–Trinajstić information content (AvgIpc) is 2.57. The van der Waals surface area contributed by atoms with Crippen LogP contribution in [0.2, 0.25) is 0 Å². The van der Waals surface area contributed by atoms with Crippen molar-refractivity contribution in [3.05, 3.63) is 0 Å². The van der Waals surface area contributed by atoms with Crippen LogP contribution in [0, 0.1) is 23.2 Å². The van der Waals surface area contributed by atoms with E-state index in [1.807, 2.05) is 0 Å². The highest BCUT2D eigenvalue weighted by atomic mass is 16.3. The van der Waals surface area contributed by atoms with Crippen molar-refractivity contribution in [3.63, 3.8) is 0 Å². The van der Waals surface area contributed by atoms with Crippen LogP contribution in [0.3, 0.4) is 0 Å². The van der Waals surface area contributed by atoms with Gasteiger partial charge in [0.25, 0.3) is 0 Å². The summed E-state index contributed by atoms with van der Waals surface area (Å²) in [5.41, 5.74) is 0.210. The van der Waals surface area contributed by atoms with Gasteiger partial charge in [-0.1, -0.05) is 33.6 Å². The number of hydrogen-bond donors (Lipinski definition) is 1. The first-order valence-electron chi connectivity index (χ1n) is 7.38. The maximum Gasteiger partial charge on any atom is 0.0499 e. The van der Waals surface area contributed by atoms with Gasteiger partial charge in [-0.3, -0.25) is 0 Å². The highest BCUT2D eigenvalue weighted by molar-refractivity contribution is 4.90. The van der Waals surface area contributed by atoms with Crippen molar-refractivity contribution in [1.82, 2.24) is 4.90 Å². The molecule has 100 valence electrons. The summed E-state index contributed by atoms with van der Waals surface area (Å²) >= 11 is 0. The summed E-state index contributed by atoms with van der Waals surface area (Å²) in [6.45, 7) is 11.0. The molecule has 1 saturated heterocycles. The first kappa shape index (κ1) is 13.4. The van der Waals surface area contributed by atoms with Gasteiger partial charge in [-0.15, -0.1) is 0 Å². The van der Waals surface area contributed by atoms with Gasteiger partial charge < -0.3 is 10.0 Å². The first-order chi connectivity index (χ1) is 8.04. The minimum absolute atomic E-state index is 0.210. The lowest BCUT2D eigenvalue weighted by Gasteiger charge is -2.41. The SMILES string of the molecule is CC1CCCC(CO)(CN2CC(C)C(C)C2)C1. The van der Waals surface area contributed by atoms with E-state index >= 15 is 0 Å². The molecule has 1 aliphatic carbocycles. The summed E-state index contributed by atoms with van der Waals surface area (Å²) < 4.78 is 0. The third-order valence-electron chi connectivity index (χ3n) is 5.14. The maximum absolute atomic E-state index is 9.82. The Morgan fingerprint density at radius 2 is 1.82 bits per heavy atom. The van der Waals surface area contributed by atoms with Crippen molar-refractivity contribution in [1.29, 1.82) is 0 Å². The summed E-state index contributed by atoms with van der Waals surface area (Å²) in [6.07, 6.45) is 5.12. The van der Waals surface area contributed by atoms with Crippen molar-refractivity contribution in [2.75, 3.05) is 26.2 Å². The van der Waals surface area contributed by atoms with Crippen LogP contribution in [0.1, 0.15) is 46.5 Å². The molecular weight excluding hydrogens is 210 g/mol. The van der Waals surface area contributed by atoms with Gasteiger partial charge in [-0.25, -0.2) is 0 Å². The van der Waals surface area contributed by atoms with Gasteiger partial charge in [0.2, 0.25) is 0 Å². The molecule has 2 aliphatic rings. The Balaban J connectivity index is 1.95. The minimum Gasteiger partial charge on any atom is -0.396 e. The number of aliphatic hydroxyl groups is 1. The second-order valence-corrected chi connectivity index (χ2v) is 7.01.